The molecule has 4 aliphatic rings. The molecule has 3 heterocycles. The van der Waals surface area contributed by atoms with Gasteiger partial charge in [-0.25, -0.2) is 4.39 Å². The molecule has 0 radical (unpaired) electrons. The second kappa shape index (κ2) is 10.9. The summed E-state index contributed by atoms with van der Waals surface area (Å²) in [5.41, 5.74) is 2.53. The van der Waals surface area contributed by atoms with Gasteiger partial charge in [-0.1, -0.05) is 32.9 Å². The van der Waals surface area contributed by atoms with E-state index in [1.54, 1.807) is 4.88 Å². The Labute approximate surface area is 219 Å². The summed E-state index contributed by atoms with van der Waals surface area (Å²) in [7, 11) is 0. The number of amides is 1. The van der Waals surface area contributed by atoms with E-state index in [1.165, 1.54) is 22.6 Å². The van der Waals surface area contributed by atoms with E-state index in [-0.39, 0.29) is 29.2 Å². The summed E-state index contributed by atoms with van der Waals surface area (Å²) < 4.78 is 19.6. The van der Waals surface area contributed by atoms with Gasteiger partial charge in [0.1, 0.15) is 5.82 Å². The lowest BCUT2D eigenvalue weighted by molar-refractivity contribution is -0.124. The monoisotopic (exact) mass is 512 g/mol. The number of hydrogen-bond acceptors (Lipinski definition) is 4. The highest BCUT2D eigenvalue weighted by Gasteiger charge is 2.46. The van der Waals surface area contributed by atoms with Crippen molar-refractivity contribution >= 4 is 17.2 Å². The van der Waals surface area contributed by atoms with Crippen LogP contribution in [-0.4, -0.2) is 43.1 Å². The van der Waals surface area contributed by atoms with Crippen molar-refractivity contribution in [2.75, 3.05) is 26.2 Å². The van der Waals surface area contributed by atoms with Gasteiger partial charge in [0.2, 0.25) is 5.91 Å². The molecule has 1 aromatic carbocycles. The number of carbonyl (C=O) groups excluding carboxylic acids is 1. The molecule has 1 spiro atoms. The second-order valence-corrected chi connectivity index (χ2v) is 12.1. The number of halogens is 1. The van der Waals surface area contributed by atoms with E-state index in [0.29, 0.717) is 12.0 Å². The van der Waals surface area contributed by atoms with Crippen molar-refractivity contribution in [3.05, 3.63) is 57.0 Å². The van der Waals surface area contributed by atoms with Crippen molar-refractivity contribution in [1.82, 2.24) is 10.2 Å². The average Bonchev–Trinajstić information content (AvgIpc) is 3.56. The largest absolute Gasteiger partial charge is 0.370 e. The Bertz CT molecular complexity index is 1040. The van der Waals surface area contributed by atoms with Crippen molar-refractivity contribution in [2.45, 2.75) is 83.3 Å². The Balaban J connectivity index is 0.00000130. The molecule has 1 N–H and O–H groups in total. The Morgan fingerprint density at radius 2 is 1.89 bits per heavy atom. The van der Waals surface area contributed by atoms with E-state index in [4.69, 9.17) is 4.74 Å². The lowest BCUT2D eigenvalue weighted by Crippen LogP contribution is -2.51. The first-order chi connectivity index (χ1) is 17.5. The first-order valence-electron chi connectivity index (χ1n) is 14.1. The van der Waals surface area contributed by atoms with E-state index in [2.05, 4.69) is 23.2 Å². The van der Waals surface area contributed by atoms with Gasteiger partial charge >= 0.3 is 0 Å². The van der Waals surface area contributed by atoms with E-state index >= 15 is 0 Å². The molecule has 2 aromatic rings. The van der Waals surface area contributed by atoms with Crippen LogP contribution in [0.4, 0.5) is 4.39 Å². The molecule has 6 heteroatoms. The number of aryl methyl sites for hydroxylation is 1. The van der Waals surface area contributed by atoms with Crippen molar-refractivity contribution in [3.63, 3.8) is 0 Å². The minimum atomic E-state index is -0.220. The predicted octanol–water partition coefficient (Wildman–Crippen LogP) is 6.04. The smallest absolute Gasteiger partial charge is 0.223 e. The van der Waals surface area contributed by atoms with Crippen LogP contribution in [0.2, 0.25) is 0 Å². The van der Waals surface area contributed by atoms with Gasteiger partial charge in [0.15, 0.2) is 0 Å². The summed E-state index contributed by atoms with van der Waals surface area (Å²) in [4.78, 5) is 18.3. The van der Waals surface area contributed by atoms with Crippen molar-refractivity contribution in [3.8, 4) is 0 Å². The fourth-order valence-electron chi connectivity index (χ4n) is 6.40. The van der Waals surface area contributed by atoms with Gasteiger partial charge in [-0.3, -0.25) is 4.79 Å². The van der Waals surface area contributed by atoms with Crippen LogP contribution in [0.25, 0.3) is 0 Å². The van der Waals surface area contributed by atoms with Gasteiger partial charge in [0.25, 0.3) is 0 Å². The van der Waals surface area contributed by atoms with Gasteiger partial charge in [0.05, 0.1) is 12.2 Å². The summed E-state index contributed by atoms with van der Waals surface area (Å²) >= 11 is 1.99. The third-order valence-corrected chi connectivity index (χ3v) is 9.93. The third-order valence-electron chi connectivity index (χ3n) is 8.59. The second-order valence-electron chi connectivity index (χ2n) is 10.8. The number of rotatable bonds is 6. The van der Waals surface area contributed by atoms with Crippen LogP contribution in [0.1, 0.15) is 79.7 Å². The number of thiophene rings is 1. The molecule has 6 rings (SSSR count). The van der Waals surface area contributed by atoms with Gasteiger partial charge in [-0.2, -0.15) is 0 Å². The van der Waals surface area contributed by atoms with Crippen LogP contribution in [0.5, 0.6) is 0 Å². The van der Waals surface area contributed by atoms with Crippen molar-refractivity contribution < 1.29 is 13.9 Å². The first-order valence-corrected chi connectivity index (χ1v) is 14.9. The highest BCUT2D eigenvalue weighted by atomic mass is 32.1. The molecule has 2 aliphatic heterocycles. The van der Waals surface area contributed by atoms with Crippen LogP contribution in [0.3, 0.4) is 0 Å². The maximum atomic E-state index is 13.1. The fraction of sp³-hybridized carbons (Fsp3) is 0.633. The number of carbonyl (C=O) groups is 1. The van der Waals surface area contributed by atoms with Crippen molar-refractivity contribution in [2.24, 2.45) is 11.8 Å². The number of hydrogen-bond donors (Lipinski definition) is 1. The fourth-order valence-corrected chi connectivity index (χ4v) is 7.57. The van der Waals surface area contributed by atoms with Crippen LogP contribution in [0, 0.1) is 17.7 Å². The maximum absolute atomic E-state index is 13.1. The zero-order valence-corrected chi connectivity index (χ0v) is 22.8. The molecule has 1 saturated heterocycles. The molecular weight excluding hydrogens is 471 g/mol. The summed E-state index contributed by atoms with van der Waals surface area (Å²) in [5.74, 6) is 0.972. The Morgan fingerprint density at radius 3 is 2.58 bits per heavy atom. The molecule has 2 atom stereocenters. The molecule has 1 amide bonds. The summed E-state index contributed by atoms with van der Waals surface area (Å²) in [6.45, 7) is 10.5. The molecule has 3 fully saturated rings. The van der Waals surface area contributed by atoms with Crippen LogP contribution >= 0.6 is 11.3 Å². The quantitative estimate of drug-likeness (QED) is 0.513. The minimum absolute atomic E-state index is 0.0462. The molecule has 1 aromatic heterocycles. The highest BCUT2D eigenvalue weighted by molar-refractivity contribution is 7.12. The van der Waals surface area contributed by atoms with Gasteiger partial charge in [-0.05, 0) is 79.7 Å². The molecule has 4 nitrogen and oxygen atoms in total. The third kappa shape index (κ3) is 5.27. The minimum Gasteiger partial charge on any atom is -0.370 e. The normalized spacial score (nSPS) is 28.4. The van der Waals surface area contributed by atoms with Gasteiger partial charge in [0, 0.05) is 47.8 Å². The molecule has 196 valence electrons. The number of ether oxygens (including phenoxy) is 1. The lowest BCUT2D eigenvalue weighted by atomic mass is 9.78. The molecule has 2 saturated carbocycles. The van der Waals surface area contributed by atoms with Crippen LogP contribution < -0.4 is 5.32 Å². The number of nitrogens with one attached hydrogen (secondary N) is 1. The Hall–Kier alpha value is -1.76. The van der Waals surface area contributed by atoms with Gasteiger partial charge < -0.3 is 15.0 Å². The Morgan fingerprint density at radius 1 is 1.17 bits per heavy atom. The summed E-state index contributed by atoms with van der Waals surface area (Å²) in [6, 6.07) is 9.36. The highest BCUT2D eigenvalue weighted by Crippen LogP contribution is 2.48. The van der Waals surface area contributed by atoms with E-state index < -0.39 is 0 Å². The number of piperidine rings is 1. The first kappa shape index (κ1) is 25.9. The summed E-state index contributed by atoms with van der Waals surface area (Å²) in [6.07, 6.45) is 7.45. The van der Waals surface area contributed by atoms with E-state index in [0.717, 1.165) is 76.8 Å². The standard InChI is InChI=1S/C28H35FN2O2S.C2H6/c1-2-22-15-25-26(34-22)7-12-33-28(25)8-10-31(11-9-28)17-18-13-21(14-18)30-27(32)24-16-23(24)19-3-5-20(29)6-4-19;1-2/h3-6,15,18,21,23-24H,2,7-14,16-17H2,1H3,(H,30,32);1-2H3. The summed E-state index contributed by atoms with van der Waals surface area (Å²) in [5, 5.41) is 3.27. The van der Waals surface area contributed by atoms with E-state index in [9.17, 15) is 9.18 Å². The van der Waals surface area contributed by atoms with Gasteiger partial charge in [-0.15, -0.1) is 11.3 Å². The predicted molar refractivity (Wildman–Crippen MR) is 144 cm³/mol. The lowest BCUT2D eigenvalue weighted by Gasteiger charge is -2.46. The Kier molecular flexibility index (Phi) is 7.85. The van der Waals surface area contributed by atoms with Crippen LogP contribution in [-0.2, 0) is 28.0 Å². The molecular formula is C30H41FN2O2S. The topological polar surface area (TPSA) is 41.6 Å². The van der Waals surface area contributed by atoms with Crippen molar-refractivity contribution in [1.29, 1.82) is 0 Å². The SMILES string of the molecule is CC.CCc1cc2c(s1)CCOC21CCN(CC2CC(NC(=O)C3CC3c3ccc(F)cc3)C2)CC1. The molecule has 0 bridgehead atoms. The number of fused-ring (bicyclic) bond motifs is 2. The molecule has 2 unspecified atom stereocenters. The molecule has 36 heavy (non-hydrogen) atoms. The number of nitrogens with zero attached hydrogens (tertiary/aromatic N) is 1. The van der Waals surface area contributed by atoms with E-state index in [1.807, 2.05) is 37.3 Å². The number of benzene rings is 1. The zero-order valence-electron chi connectivity index (χ0n) is 22.0. The van der Waals surface area contributed by atoms with Crippen LogP contribution in [0.15, 0.2) is 30.3 Å². The molecule has 2 aliphatic carbocycles. The average molecular weight is 513 g/mol. The number of likely N-dealkylation sites (tertiary alicyclic amines) is 1. The zero-order chi connectivity index (χ0) is 25.3. The maximum Gasteiger partial charge on any atom is 0.223 e.